The first kappa shape index (κ1) is 17.2. The topological polar surface area (TPSA) is 47.1 Å². The maximum Gasteiger partial charge on any atom is 0.0726 e. The van der Waals surface area contributed by atoms with Crippen molar-refractivity contribution in [2.24, 2.45) is 18.7 Å². The Hall–Kier alpha value is -0.870. The first-order valence-corrected chi connectivity index (χ1v) is 7.68. The number of hydrogen-bond donors (Lipinski definition) is 1. The van der Waals surface area contributed by atoms with E-state index >= 15 is 0 Å². The van der Waals surface area contributed by atoms with E-state index in [0.29, 0.717) is 12.5 Å². The number of hydrogen-bond acceptors (Lipinski definition) is 3. The minimum atomic E-state index is 0.0429. The molecular formula is C16H32N4. The number of likely N-dealkylation sites (N-methyl/N-ethyl adjacent to an activating group) is 1. The molecule has 0 spiro atoms. The lowest BCUT2D eigenvalue weighted by Gasteiger charge is -2.32. The van der Waals surface area contributed by atoms with Crippen molar-refractivity contribution in [3.63, 3.8) is 0 Å². The zero-order valence-electron chi connectivity index (χ0n) is 14.3. The van der Waals surface area contributed by atoms with Crippen LogP contribution < -0.4 is 5.73 Å². The lowest BCUT2D eigenvalue weighted by molar-refractivity contribution is 0.187. The van der Waals surface area contributed by atoms with E-state index in [9.17, 15) is 0 Å². The van der Waals surface area contributed by atoms with Gasteiger partial charge >= 0.3 is 0 Å². The van der Waals surface area contributed by atoms with E-state index in [-0.39, 0.29) is 11.5 Å². The Kier molecular flexibility index (Phi) is 5.78. The minimum Gasteiger partial charge on any atom is -0.329 e. The first-order chi connectivity index (χ1) is 9.20. The molecule has 2 N–H and O–H groups in total. The molecule has 0 aliphatic carbocycles. The minimum absolute atomic E-state index is 0.0429. The van der Waals surface area contributed by atoms with E-state index in [1.807, 2.05) is 11.7 Å². The van der Waals surface area contributed by atoms with Crippen molar-refractivity contribution in [3.8, 4) is 0 Å². The number of aromatic nitrogens is 2. The molecule has 116 valence electrons. The van der Waals surface area contributed by atoms with E-state index < -0.39 is 0 Å². The second kappa shape index (κ2) is 6.72. The summed E-state index contributed by atoms with van der Waals surface area (Å²) < 4.78 is 1.92. The molecule has 0 bridgehead atoms. The molecule has 0 saturated carbocycles. The molecule has 20 heavy (non-hydrogen) atoms. The lowest BCUT2D eigenvalue weighted by Crippen LogP contribution is -2.37. The van der Waals surface area contributed by atoms with E-state index in [1.165, 1.54) is 5.56 Å². The first-order valence-electron chi connectivity index (χ1n) is 7.68. The maximum atomic E-state index is 6.10. The third-order valence-electron chi connectivity index (χ3n) is 3.60. The van der Waals surface area contributed by atoms with Crippen molar-refractivity contribution in [2.45, 2.75) is 53.0 Å². The van der Waals surface area contributed by atoms with Gasteiger partial charge in [-0.15, -0.1) is 0 Å². The number of aryl methyl sites for hydroxylation is 1. The normalized spacial score (nSPS) is 14.3. The third kappa shape index (κ3) is 4.06. The zero-order chi connectivity index (χ0) is 15.5. The predicted molar refractivity (Wildman–Crippen MR) is 85.8 cm³/mol. The van der Waals surface area contributed by atoms with Crippen molar-refractivity contribution in [1.82, 2.24) is 14.7 Å². The van der Waals surface area contributed by atoms with Gasteiger partial charge in [-0.1, -0.05) is 41.5 Å². The van der Waals surface area contributed by atoms with Crippen LogP contribution in [-0.2, 0) is 12.5 Å². The molecule has 1 aromatic heterocycles. The molecule has 0 aliphatic heterocycles. The van der Waals surface area contributed by atoms with Crippen LogP contribution in [0.3, 0.4) is 0 Å². The van der Waals surface area contributed by atoms with E-state index in [4.69, 9.17) is 5.73 Å². The van der Waals surface area contributed by atoms with Crippen molar-refractivity contribution in [1.29, 1.82) is 0 Å². The monoisotopic (exact) mass is 280 g/mol. The highest BCUT2D eigenvalue weighted by atomic mass is 15.3. The average Bonchev–Trinajstić information content (AvgIpc) is 2.70. The Bertz CT molecular complexity index is 415. The summed E-state index contributed by atoms with van der Waals surface area (Å²) in [6.07, 6.45) is 2.14. The molecule has 0 fully saturated rings. The van der Waals surface area contributed by atoms with Crippen LogP contribution in [0.15, 0.2) is 6.20 Å². The molecule has 4 heteroatoms. The highest BCUT2D eigenvalue weighted by molar-refractivity contribution is 5.28. The van der Waals surface area contributed by atoms with Crippen LogP contribution in [0, 0.1) is 5.92 Å². The SMILES string of the molecule is CCN(CC(C)C)C(CN)c1cn(C)nc1C(C)(C)C. The Morgan fingerprint density at radius 1 is 1.35 bits per heavy atom. The van der Waals surface area contributed by atoms with Gasteiger partial charge in [0.1, 0.15) is 0 Å². The lowest BCUT2D eigenvalue weighted by atomic mass is 9.87. The van der Waals surface area contributed by atoms with Crippen molar-refractivity contribution in [3.05, 3.63) is 17.5 Å². The van der Waals surface area contributed by atoms with Gasteiger partial charge in [0, 0.05) is 37.3 Å². The van der Waals surface area contributed by atoms with Crippen molar-refractivity contribution >= 4 is 0 Å². The molecule has 0 aromatic carbocycles. The van der Waals surface area contributed by atoms with Gasteiger partial charge < -0.3 is 5.73 Å². The quantitative estimate of drug-likeness (QED) is 0.871. The van der Waals surface area contributed by atoms with Gasteiger partial charge in [-0.05, 0) is 12.5 Å². The largest absolute Gasteiger partial charge is 0.329 e. The summed E-state index contributed by atoms with van der Waals surface area (Å²) in [7, 11) is 1.99. The summed E-state index contributed by atoms with van der Waals surface area (Å²) in [6.45, 7) is 16.1. The summed E-state index contributed by atoms with van der Waals surface area (Å²) >= 11 is 0. The van der Waals surface area contributed by atoms with Crippen LogP contribution in [0.1, 0.15) is 58.8 Å². The Balaban J connectivity index is 3.17. The van der Waals surface area contributed by atoms with Gasteiger partial charge in [0.15, 0.2) is 0 Å². The summed E-state index contributed by atoms with van der Waals surface area (Å²) in [5.74, 6) is 0.638. The van der Waals surface area contributed by atoms with Crippen molar-refractivity contribution in [2.75, 3.05) is 19.6 Å². The standard InChI is InChI=1S/C16H32N4/c1-8-20(10-12(2)3)14(9-17)13-11-19(7)18-15(13)16(4,5)6/h11-12,14H,8-10,17H2,1-7H3. The summed E-state index contributed by atoms with van der Waals surface area (Å²) in [5, 5.41) is 4.68. The molecule has 0 saturated heterocycles. The van der Waals surface area contributed by atoms with Gasteiger partial charge in [-0.2, -0.15) is 5.10 Å². The molecule has 1 heterocycles. The number of nitrogens with zero attached hydrogens (tertiary/aromatic N) is 3. The zero-order valence-corrected chi connectivity index (χ0v) is 14.3. The number of rotatable bonds is 6. The van der Waals surface area contributed by atoms with Crippen LogP contribution in [0.5, 0.6) is 0 Å². The second-order valence-electron chi connectivity index (χ2n) is 7.09. The van der Waals surface area contributed by atoms with E-state index in [1.54, 1.807) is 0 Å². The Morgan fingerprint density at radius 3 is 2.35 bits per heavy atom. The molecule has 0 aliphatic rings. The highest BCUT2D eigenvalue weighted by Gasteiger charge is 2.28. The van der Waals surface area contributed by atoms with Crippen LogP contribution >= 0.6 is 0 Å². The second-order valence-corrected chi connectivity index (χ2v) is 7.09. The smallest absolute Gasteiger partial charge is 0.0726 e. The molecule has 1 atom stereocenters. The van der Waals surface area contributed by atoms with Gasteiger partial charge in [-0.25, -0.2) is 0 Å². The highest BCUT2D eigenvalue weighted by Crippen LogP contribution is 2.31. The van der Waals surface area contributed by atoms with Crippen LogP contribution in [0.4, 0.5) is 0 Å². The summed E-state index contributed by atoms with van der Waals surface area (Å²) in [4.78, 5) is 2.47. The van der Waals surface area contributed by atoms with Gasteiger partial charge in [0.2, 0.25) is 0 Å². The fraction of sp³-hybridized carbons (Fsp3) is 0.812. The third-order valence-corrected chi connectivity index (χ3v) is 3.60. The van der Waals surface area contributed by atoms with E-state index in [0.717, 1.165) is 18.8 Å². The molecule has 0 radical (unpaired) electrons. The molecule has 1 rings (SSSR count). The van der Waals surface area contributed by atoms with Crippen LogP contribution in [0.25, 0.3) is 0 Å². The molecule has 1 aromatic rings. The summed E-state index contributed by atoms with van der Waals surface area (Å²) in [6, 6.07) is 0.255. The summed E-state index contributed by atoms with van der Waals surface area (Å²) in [5.41, 5.74) is 8.59. The Labute approximate surface area is 124 Å². The van der Waals surface area contributed by atoms with Gasteiger partial charge in [0.05, 0.1) is 11.7 Å². The number of nitrogens with two attached hydrogens (primary N) is 1. The van der Waals surface area contributed by atoms with Crippen molar-refractivity contribution < 1.29 is 0 Å². The predicted octanol–water partition coefficient (Wildman–Crippen LogP) is 2.70. The van der Waals surface area contributed by atoms with Crippen LogP contribution in [-0.4, -0.2) is 34.3 Å². The fourth-order valence-corrected chi connectivity index (χ4v) is 2.75. The molecule has 1 unspecified atom stereocenters. The van der Waals surface area contributed by atoms with Crippen LogP contribution in [0.2, 0.25) is 0 Å². The van der Waals surface area contributed by atoms with Gasteiger partial charge in [0.25, 0.3) is 0 Å². The molecular weight excluding hydrogens is 248 g/mol. The van der Waals surface area contributed by atoms with Gasteiger partial charge in [-0.3, -0.25) is 9.58 Å². The molecule has 4 nitrogen and oxygen atoms in total. The fourth-order valence-electron chi connectivity index (χ4n) is 2.75. The van der Waals surface area contributed by atoms with E-state index in [2.05, 4.69) is 57.7 Å². The molecule has 0 amide bonds. The maximum absolute atomic E-state index is 6.10. The average molecular weight is 280 g/mol. The Morgan fingerprint density at radius 2 is 1.95 bits per heavy atom.